The van der Waals surface area contributed by atoms with Crippen molar-refractivity contribution in [3.63, 3.8) is 0 Å². The van der Waals surface area contributed by atoms with Gasteiger partial charge < -0.3 is 9.47 Å². The van der Waals surface area contributed by atoms with Gasteiger partial charge in [-0.05, 0) is 17.7 Å². The molecule has 0 N–H and O–H groups in total. The highest BCUT2D eigenvalue weighted by molar-refractivity contribution is 5.69. The molecule has 4 nitrogen and oxygen atoms in total. The third kappa shape index (κ3) is 4.01. The van der Waals surface area contributed by atoms with Crippen LogP contribution in [0.4, 0.5) is 0 Å². The topological polar surface area (TPSA) is 59.3 Å². The number of esters is 1. The summed E-state index contributed by atoms with van der Waals surface area (Å²) in [6, 6.07) is 9.16. The van der Waals surface area contributed by atoms with Crippen molar-refractivity contribution in [2.75, 3.05) is 7.11 Å². The van der Waals surface area contributed by atoms with Crippen LogP contribution < -0.4 is 4.74 Å². The summed E-state index contributed by atoms with van der Waals surface area (Å²) in [7, 11) is 1.59. The molecule has 0 atom stereocenters. The zero-order valence-electron chi connectivity index (χ0n) is 9.10. The maximum absolute atomic E-state index is 11.1. The molecular weight excluding hydrogens is 206 g/mol. The minimum absolute atomic E-state index is 0.145. The molecule has 0 amide bonds. The van der Waals surface area contributed by atoms with Crippen LogP contribution in [0, 0.1) is 11.3 Å². The van der Waals surface area contributed by atoms with Crippen LogP contribution in [0.25, 0.3) is 0 Å². The van der Waals surface area contributed by atoms with E-state index in [0.29, 0.717) is 0 Å². The molecule has 0 unspecified atom stereocenters. The van der Waals surface area contributed by atoms with Crippen LogP contribution in [0.2, 0.25) is 0 Å². The fraction of sp³-hybridized carbons (Fsp3) is 0.333. The Morgan fingerprint density at radius 1 is 1.38 bits per heavy atom. The van der Waals surface area contributed by atoms with Crippen LogP contribution in [0.15, 0.2) is 24.3 Å². The minimum Gasteiger partial charge on any atom is -0.497 e. The summed E-state index contributed by atoms with van der Waals surface area (Å²) in [6.07, 6.45) is 0.341. The first kappa shape index (κ1) is 12.1. The van der Waals surface area contributed by atoms with Crippen LogP contribution in [-0.4, -0.2) is 13.1 Å². The molecule has 0 heterocycles. The van der Waals surface area contributed by atoms with Crippen LogP contribution >= 0.6 is 0 Å². The number of rotatable bonds is 5. The van der Waals surface area contributed by atoms with Crippen molar-refractivity contribution in [1.29, 1.82) is 5.26 Å². The van der Waals surface area contributed by atoms with Gasteiger partial charge in [0, 0.05) is 6.42 Å². The predicted octanol–water partition coefficient (Wildman–Crippen LogP) is 2.04. The summed E-state index contributed by atoms with van der Waals surface area (Å²) < 4.78 is 9.98. The van der Waals surface area contributed by atoms with E-state index < -0.39 is 0 Å². The second-order valence-electron chi connectivity index (χ2n) is 3.17. The Bertz CT molecular complexity index is 378. The van der Waals surface area contributed by atoms with Crippen molar-refractivity contribution in [2.45, 2.75) is 19.4 Å². The van der Waals surface area contributed by atoms with E-state index >= 15 is 0 Å². The molecule has 0 saturated heterocycles. The summed E-state index contributed by atoms with van der Waals surface area (Å²) in [4.78, 5) is 11.1. The first-order valence-electron chi connectivity index (χ1n) is 4.91. The SMILES string of the molecule is COc1ccc(COC(=O)CCC#N)cc1. The Hall–Kier alpha value is -2.02. The highest BCUT2D eigenvalue weighted by atomic mass is 16.5. The Balaban J connectivity index is 2.37. The van der Waals surface area contributed by atoms with Gasteiger partial charge in [-0.25, -0.2) is 0 Å². The lowest BCUT2D eigenvalue weighted by atomic mass is 10.2. The molecule has 16 heavy (non-hydrogen) atoms. The van der Waals surface area contributed by atoms with Crippen molar-refractivity contribution >= 4 is 5.97 Å². The lowest BCUT2D eigenvalue weighted by molar-refractivity contribution is -0.144. The zero-order valence-corrected chi connectivity index (χ0v) is 9.10. The van der Waals surface area contributed by atoms with Crippen molar-refractivity contribution < 1.29 is 14.3 Å². The summed E-state index contributed by atoms with van der Waals surface area (Å²) in [5.74, 6) is 0.414. The molecule has 84 valence electrons. The smallest absolute Gasteiger partial charge is 0.307 e. The van der Waals surface area contributed by atoms with Crippen molar-refractivity contribution in [3.05, 3.63) is 29.8 Å². The molecule has 4 heteroatoms. The Labute approximate surface area is 94.4 Å². The van der Waals surface area contributed by atoms with E-state index in [1.807, 2.05) is 18.2 Å². The molecule has 0 saturated carbocycles. The first-order chi connectivity index (χ1) is 7.76. The van der Waals surface area contributed by atoms with Crippen molar-refractivity contribution in [1.82, 2.24) is 0 Å². The minimum atomic E-state index is -0.350. The van der Waals surface area contributed by atoms with Gasteiger partial charge in [0.05, 0.1) is 19.6 Å². The van der Waals surface area contributed by atoms with Gasteiger partial charge in [0.15, 0.2) is 0 Å². The average molecular weight is 219 g/mol. The number of methoxy groups -OCH3 is 1. The van der Waals surface area contributed by atoms with Crippen molar-refractivity contribution in [3.8, 4) is 11.8 Å². The number of carbonyl (C=O) groups is 1. The van der Waals surface area contributed by atoms with Crippen LogP contribution in [-0.2, 0) is 16.1 Å². The van der Waals surface area contributed by atoms with Gasteiger partial charge in [0.2, 0.25) is 0 Å². The van der Waals surface area contributed by atoms with Gasteiger partial charge in [-0.3, -0.25) is 4.79 Å². The molecule has 0 fully saturated rings. The molecule has 1 aromatic rings. The third-order valence-corrected chi connectivity index (χ3v) is 2.00. The van der Waals surface area contributed by atoms with E-state index in [0.717, 1.165) is 11.3 Å². The average Bonchev–Trinajstić information content (AvgIpc) is 2.34. The largest absolute Gasteiger partial charge is 0.497 e. The molecule has 0 aromatic heterocycles. The highest BCUT2D eigenvalue weighted by Gasteiger charge is 2.02. The van der Waals surface area contributed by atoms with E-state index in [9.17, 15) is 4.79 Å². The molecule has 0 aliphatic heterocycles. The molecule has 0 radical (unpaired) electrons. The molecular formula is C12H13NO3. The third-order valence-electron chi connectivity index (χ3n) is 2.00. The van der Waals surface area contributed by atoms with Crippen LogP contribution in [0.1, 0.15) is 18.4 Å². The highest BCUT2D eigenvalue weighted by Crippen LogP contribution is 2.12. The zero-order chi connectivity index (χ0) is 11.8. The molecule has 0 aliphatic carbocycles. The van der Waals surface area contributed by atoms with E-state index in [4.69, 9.17) is 14.7 Å². The van der Waals surface area contributed by atoms with E-state index in [1.165, 1.54) is 0 Å². The summed E-state index contributed by atoms with van der Waals surface area (Å²) in [6.45, 7) is 0.230. The van der Waals surface area contributed by atoms with Crippen LogP contribution in [0.5, 0.6) is 5.75 Å². The molecule has 1 aromatic carbocycles. The number of benzene rings is 1. The molecule has 0 spiro atoms. The summed E-state index contributed by atoms with van der Waals surface area (Å²) >= 11 is 0. The fourth-order valence-electron chi connectivity index (χ4n) is 1.12. The normalized spacial score (nSPS) is 9.25. The number of hydrogen-bond donors (Lipinski definition) is 0. The van der Waals surface area contributed by atoms with Crippen molar-refractivity contribution in [2.24, 2.45) is 0 Å². The second-order valence-corrected chi connectivity index (χ2v) is 3.17. The number of hydrogen-bond acceptors (Lipinski definition) is 4. The van der Waals surface area contributed by atoms with E-state index in [-0.39, 0.29) is 25.4 Å². The van der Waals surface area contributed by atoms with Gasteiger partial charge in [-0.15, -0.1) is 0 Å². The second kappa shape index (κ2) is 6.46. The van der Waals surface area contributed by atoms with Gasteiger partial charge in [0.1, 0.15) is 12.4 Å². The van der Waals surface area contributed by atoms with Gasteiger partial charge in [-0.2, -0.15) is 5.26 Å². The Kier molecular flexibility index (Phi) is 4.87. The van der Waals surface area contributed by atoms with E-state index in [1.54, 1.807) is 19.2 Å². The fourth-order valence-corrected chi connectivity index (χ4v) is 1.12. The number of nitrogens with zero attached hydrogens (tertiary/aromatic N) is 1. The lowest BCUT2D eigenvalue weighted by Crippen LogP contribution is -2.03. The first-order valence-corrected chi connectivity index (χ1v) is 4.91. The summed E-state index contributed by atoms with van der Waals surface area (Å²) in [5.41, 5.74) is 0.895. The standard InChI is InChI=1S/C12H13NO3/c1-15-11-6-4-10(5-7-11)9-16-12(14)3-2-8-13/h4-7H,2-3,9H2,1H3. The van der Waals surface area contributed by atoms with E-state index in [2.05, 4.69) is 0 Å². The molecule has 0 aliphatic rings. The predicted molar refractivity (Wildman–Crippen MR) is 57.6 cm³/mol. The maximum atomic E-state index is 11.1. The number of nitriles is 1. The van der Waals surface area contributed by atoms with Gasteiger partial charge in [0.25, 0.3) is 0 Å². The Morgan fingerprint density at radius 3 is 2.62 bits per heavy atom. The maximum Gasteiger partial charge on any atom is 0.307 e. The lowest BCUT2D eigenvalue weighted by Gasteiger charge is -2.04. The Morgan fingerprint density at radius 2 is 2.06 bits per heavy atom. The monoisotopic (exact) mass is 219 g/mol. The number of carbonyl (C=O) groups excluding carboxylic acids is 1. The van der Waals surface area contributed by atoms with Gasteiger partial charge in [-0.1, -0.05) is 12.1 Å². The molecule has 1 rings (SSSR count). The molecule has 0 bridgehead atoms. The van der Waals surface area contributed by atoms with Crippen LogP contribution in [0.3, 0.4) is 0 Å². The summed E-state index contributed by atoms with van der Waals surface area (Å²) in [5, 5.41) is 8.29. The van der Waals surface area contributed by atoms with Gasteiger partial charge >= 0.3 is 5.97 Å². The quantitative estimate of drug-likeness (QED) is 0.711. The number of ether oxygens (including phenoxy) is 2.